The van der Waals surface area contributed by atoms with Gasteiger partial charge in [0.05, 0.1) is 11.6 Å². The molecule has 2 aromatic rings. The molecule has 0 radical (unpaired) electrons. The molecular weight excluding hydrogens is 452 g/mol. The van der Waals surface area contributed by atoms with Gasteiger partial charge in [0.15, 0.2) is 5.82 Å². The fourth-order valence-corrected chi connectivity index (χ4v) is 5.78. The smallest absolute Gasteiger partial charge is 0.309 e. The molecular formula is C24H32N6O5. The van der Waals surface area contributed by atoms with E-state index in [2.05, 4.69) is 15.0 Å². The van der Waals surface area contributed by atoms with Gasteiger partial charge in [-0.2, -0.15) is 10.4 Å². The van der Waals surface area contributed by atoms with E-state index in [1.165, 1.54) is 42.9 Å². The summed E-state index contributed by atoms with van der Waals surface area (Å²) in [7, 11) is 0. The third-order valence-corrected chi connectivity index (χ3v) is 7.83. The molecule has 3 aliphatic rings. The first kappa shape index (κ1) is 23.9. The number of nitriles is 1. The van der Waals surface area contributed by atoms with Gasteiger partial charge in [-0.25, -0.2) is 9.50 Å². The lowest BCUT2D eigenvalue weighted by Crippen LogP contribution is -2.44. The summed E-state index contributed by atoms with van der Waals surface area (Å²) >= 11 is 0. The molecule has 35 heavy (non-hydrogen) atoms. The molecule has 2 saturated heterocycles. The number of rotatable bonds is 5. The van der Waals surface area contributed by atoms with Crippen molar-refractivity contribution in [2.45, 2.75) is 74.9 Å². The quantitative estimate of drug-likeness (QED) is 0.517. The number of aliphatic hydroxyl groups excluding tert-OH is 2. The molecule has 2 aromatic heterocycles. The van der Waals surface area contributed by atoms with Crippen LogP contribution in [0.2, 0.25) is 0 Å². The third kappa shape index (κ3) is 4.25. The predicted molar refractivity (Wildman–Crippen MR) is 124 cm³/mol. The van der Waals surface area contributed by atoms with Crippen molar-refractivity contribution in [3.8, 4) is 6.07 Å². The average molecular weight is 485 g/mol. The molecule has 0 spiro atoms. The van der Waals surface area contributed by atoms with Crippen LogP contribution in [0.5, 0.6) is 0 Å². The summed E-state index contributed by atoms with van der Waals surface area (Å²) in [5.41, 5.74) is 4.62. The number of nitrogens with two attached hydrogens (primary N) is 1. The van der Waals surface area contributed by atoms with Gasteiger partial charge in [-0.05, 0) is 50.9 Å². The Kier molecular flexibility index (Phi) is 6.63. The average Bonchev–Trinajstić information content (AvgIpc) is 3.44. The lowest BCUT2D eigenvalue weighted by atomic mass is 9.90. The predicted octanol–water partition coefficient (Wildman–Crippen LogP) is 0.739. The van der Waals surface area contributed by atoms with Crippen molar-refractivity contribution in [1.82, 2.24) is 19.5 Å². The van der Waals surface area contributed by atoms with E-state index in [4.69, 9.17) is 15.2 Å². The minimum atomic E-state index is -1.91. The number of carbonyl (C=O) groups is 1. The first-order valence-corrected chi connectivity index (χ1v) is 12.4. The highest BCUT2D eigenvalue weighted by atomic mass is 16.6. The Morgan fingerprint density at radius 2 is 1.97 bits per heavy atom. The summed E-state index contributed by atoms with van der Waals surface area (Å²) in [6.07, 6.45) is 5.00. The number of aromatic nitrogens is 3. The second-order valence-corrected chi connectivity index (χ2v) is 9.83. The van der Waals surface area contributed by atoms with Crippen LogP contribution < -0.4 is 5.73 Å². The summed E-state index contributed by atoms with van der Waals surface area (Å²) in [5.74, 6) is -0.331. The molecule has 1 saturated carbocycles. The van der Waals surface area contributed by atoms with Crippen LogP contribution in [-0.4, -0.2) is 79.7 Å². The Morgan fingerprint density at radius 1 is 1.23 bits per heavy atom. The number of fused-ring (bicyclic) bond motifs is 1. The molecule has 0 bridgehead atoms. The number of hydrogen-bond donors (Lipinski definition) is 3. The van der Waals surface area contributed by atoms with Crippen LogP contribution >= 0.6 is 0 Å². The zero-order valence-corrected chi connectivity index (χ0v) is 19.6. The Balaban J connectivity index is 1.22. The summed E-state index contributed by atoms with van der Waals surface area (Å²) in [6, 6.07) is 5.78. The maximum atomic E-state index is 12.8. The van der Waals surface area contributed by atoms with E-state index >= 15 is 0 Å². The number of likely N-dealkylation sites (tertiary alicyclic amines) is 1. The fraction of sp³-hybridized carbons (Fsp3) is 0.667. The number of anilines is 1. The fourth-order valence-electron chi connectivity index (χ4n) is 5.78. The Labute approximate surface area is 203 Å². The van der Waals surface area contributed by atoms with Crippen molar-refractivity contribution in [3.05, 3.63) is 24.2 Å². The topological polar surface area (TPSA) is 159 Å². The third-order valence-electron chi connectivity index (χ3n) is 7.83. The standard InChI is InChI=1S/C24H32N6O5/c25-13-24(19-7-6-17-22(26)27-14-28-30(17)19)21(32)20(31)18(35-24)12-34-23(33)15-8-10-29(11-9-15)16-4-2-1-3-5-16/h6-7,14-16,18,20-21,31-32H,1-5,8-12H2,(H2,26,27,28)/t18-,20-,21-,24+/m1/s1. The van der Waals surface area contributed by atoms with Gasteiger partial charge in [0.1, 0.15) is 42.8 Å². The largest absolute Gasteiger partial charge is 0.463 e. The lowest BCUT2D eigenvalue weighted by molar-refractivity contribution is -0.157. The van der Waals surface area contributed by atoms with E-state index in [-0.39, 0.29) is 30.0 Å². The van der Waals surface area contributed by atoms with Crippen LogP contribution in [0.25, 0.3) is 5.52 Å². The molecule has 4 N–H and O–H groups in total. The second kappa shape index (κ2) is 9.70. The normalized spacial score (nSPS) is 30.9. The monoisotopic (exact) mass is 484 g/mol. The molecule has 188 valence electrons. The summed E-state index contributed by atoms with van der Waals surface area (Å²) in [6.45, 7) is 1.51. The number of nitrogens with zero attached hydrogens (tertiary/aromatic N) is 5. The van der Waals surface area contributed by atoms with Crippen LogP contribution in [0.3, 0.4) is 0 Å². The van der Waals surface area contributed by atoms with Gasteiger partial charge in [-0.3, -0.25) is 4.79 Å². The number of ether oxygens (including phenoxy) is 2. The van der Waals surface area contributed by atoms with Gasteiger partial charge in [-0.15, -0.1) is 0 Å². The highest BCUT2D eigenvalue weighted by Crippen LogP contribution is 2.40. The van der Waals surface area contributed by atoms with Crippen LogP contribution in [0.15, 0.2) is 18.5 Å². The van der Waals surface area contributed by atoms with Crippen molar-refractivity contribution in [2.24, 2.45) is 5.92 Å². The highest BCUT2D eigenvalue weighted by molar-refractivity contribution is 5.72. The first-order chi connectivity index (χ1) is 16.9. The SMILES string of the molecule is N#C[C@@]1(c2ccc3c(N)ncnn23)O[C@H](COC(=O)C2CCN(C3CCCCC3)CC2)[C@@H](O)[C@H]1O. The van der Waals surface area contributed by atoms with Gasteiger partial charge in [0.2, 0.25) is 5.60 Å². The summed E-state index contributed by atoms with van der Waals surface area (Å²) < 4.78 is 12.7. The molecule has 5 rings (SSSR count). The molecule has 11 heteroatoms. The zero-order valence-electron chi connectivity index (χ0n) is 19.6. The number of nitrogen functional groups attached to an aromatic ring is 1. The van der Waals surface area contributed by atoms with E-state index < -0.39 is 23.9 Å². The van der Waals surface area contributed by atoms with Gasteiger partial charge < -0.3 is 30.3 Å². The lowest BCUT2D eigenvalue weighted by Gasteiger charge is -2.38. The summed E-state index contributed by atoms with van der Waals surface area (Å²) in [5, 5.41) is 35.6. The van der Waals surface area contributed by atoms with Gasteiger partial charge in [0, 0.05) is 6.04 Å². The number of piperidine rings is 1. The molecule has 4 atom stereocenters. The van der Waals surface area contributed by atoms with Gasteiger partial charge >= 0.3 is 5.97 Å². The number of carbonyl (C=O) groups excluding carboxylic acids is 1. The molecule has 0 aromatic carbocycles. The number of hydrogen-bond acceptors (Lipinski definition) is 10. The zero-order chi connectivity index (χ0) is 24.6. The molecule has 3 fully saturated rings. The molecule has 2 aliphatic heterocycles. The second-order valence-electron chi connectivity index (χ2n) is 9.83. The Morgan fingerprint density at radius 3 is 2.69 bits per heavy atom. The van der Waals surface area contributed by atoms with Gasteiger partial charge in [0.25, 0.3) is 0 Å². The van der Waals surface area contributed by atoms with E-state index in [1.54, 1.807) is 12.1 Å². The number of aliphatic hydroxyl groups is 2. The van der Waals surface area contributed by atoms with E-state index in [0.29, 0.717) is 11.6 Å². The maximum Gasteiger partial charge on any atom is 0.309 e. The Hall–Kier alpha value is -2.78. The van der Waals surface area contributed by atoms with E-state index in [9.17, 15) is 20.3 Å². The summed E-state index contributed by atoms with van der Waals surface area (Å²) in [4.78, 5) is 19.2. The first-order valence-electron chi connectivity index (χ1n) is 12.4. The van der Waals surface area contributed by atoms with Crippen molar-refractivity contribution >= 4 is 17.3 Å². The minimum Gasteiger partial charge on any atom is -0.463 e. The van der Waals surface area contributed by atoms with Gasteiger partial charge in [-0.1, -0.05) is 19.3 Å². The molecule has 4 heterocycles. The highest BCUT2D eigenvalue weighted by Gasteiger charge is 2.58. The van der Waals surface area contributed by atoms with E-state index in [1.807, 2.05) is 6.07 Å². The minimum absolute atomic E-state index is 0.201. The van der Waals surface area contributed by atoms with Crippen LogP contribution in [0, 0.1) is 17.2 Å². The van der Waals surface area contributed by atoms with Crippen LogP contribution in [0.4, 0.5) is 5.82 Å². The number of esters is 1. The molecule has 1 aliphatic carbocycles. The molecule has 0 unspecified atom stereocenters. The molecule has 0 amide bonds. The molecule has 11 nitrogen and oxygen atoms in total. The van der Waals surface area contributed by atoms with Crippen molar-refractivity contribution in [3.63, 3.8) is 0 Å². The van der Waals surface area contributed by atoms with Crippen molar-refractivity contribution in [2.75, 3.05) is 25.4 Å². The van der Waals surface area contributed by atoms with Crippen LogP contribution in [0.1, 0.15) is 50.6 Å². The van der Waals surface area contributed by atoms with Crippen LogP contribution in [-0.2, 0) is 19.9 Å². The van der Waals surface area contributed by atoms with Crippen molar-refractivity contribution < 1.29 is 24.5 Å². The Bertz CT molecular complexity index is 1100. The van der Waals surface area contributed by atoms with Crippen molar-refractivity contribution in [1.29, 1.82) is 5.26 Å². The van der Waals surface area contributed by atoms with E-state index in [0.717, 1.165) is 25.9 Å². The maximum absolute atomic E-state index is 12.8.